The summed E-state index contributed by atoms with van der Waals surface area (Å²) in [5.74, 6) is 0.868. The van der Waals surface area contributed by atoms with E-state index in [0.29, 0.717) is 26.1 Å². The fourth-order valence-corrected chi connectivity index (χ4v) is 2.83. The van der Waals surface area contributed by atoms with Gasteiger partial charge in [0.1, 0.15) is 5.75 Å². The molecule has 2 amide bonds. The molecule has 5 nitrogen and oxygen atoms in total. The van der Waals surface area contributed by atoms with Crippen LogP contribution in [0.2, 0.25) is 0 Å². The Labute approximate surface area is 132 Å². The minimum Gasteiger partial charge on any atom is -0.494 e. The van der Waals surface area contributed by atoms with Gasteiger partial charge in [0.25, 0.3) is 0 Å². The van der Waals surface area contributed by atoms with E-state index in [1.165, 1.54) is 0 Å². The Bertz CT molecular complexity index is 485. The second-order valence-electron chi connectivity index (χ2n) is 5.83. The van der Waals surface area contributed by atoms with E-state index < -0.39 is 5.60 Å². The highest BCUT2D eigenvalue weighted by Gasteiger charge is 2.31. The molecule has 0 aliphatic heterocycles. The summed E-state index contributed by atoms with van der Waals surface area (Å²) in [5, 5.41) is 15.8. The lowest BCUT2D eigenvalue weighted by Gasteiger charge is -2.22. The molecule has 1 fully saturated rings. The minimum atomic E-state index is -0.709. The molecule has 1 aliphatic rings. The van der Waals surface area contributed by atoms with Crippen LogP contribution in [0, 0.1) is 0 Å². The quantitative estimate of drug-likeness (QED) is 0.723. The second kappa shape index (κ2) is 8.03. The lowest BCUT2D eigenvalue weighted by molar-refractivity contribution is 0.0501. The van der Waals surface area contributed by atoms with Crippen molar-refractivity contribution in [1.82, 2.24) is 10.6 Å². The predicted octanol–water partition coefficient (Wildman–Crippen LogP) is 2.23. The van der Waals surface area contributed by atoms with Gasteiger partial charge in [0.05, 0.1) is 12.2 Å². The summed E-state index contributed by atoms with van der Waals surface area (Å²) in [6.45, 7) is 3.45. The molecule has 22 heavy (non-hydrogen) atoms. The molecule has 3 N–H and O–H groups in total. The molecule has 0 heterocycles. The van der Waals surface area contributed by atoms with Crippen LogP contribution in [0.3, 0.4) is 0 Å². The van der Waals surface area contributed by atoms with Crippen LogP contribution in [0.1, 0.15) is 38.2 Å². The van der Waals surface area contributed by atoms with Gasteiger partial charge in [-0.25, -0.2) is 4.79 Å². The van der Waals surface area contributed by atoms with Gasteiger partial charge in [0, 0.05) is 13.1 Å². The number of carbonyl (C=O) groups is 1. The number of carbonyl (C=O) groups excluding carboxylic acids is 1. The van der Waals surface area contributed by atoms with E-state index in [2.05, 4.69) is 10.6 Å². The number of urea groups is 1. The zero-order valence-electron chi connectivity index (χ0n) is 13.2. The number of aliphatic hydroxyl groups is 1. The molecule has 0 atom stereocenters. The van der Waals surface area contributed by atoms with E-state index in [1.54, 1.807) is 0 Å². The zero-order chi connectivity index (χ0) is 15.8. The molecule has 0 aromatic heterocycles. The molecule has 1 aromatic carbocycles. The number of rotatable bonds is 7. The van der Waals surface area contributed by atoms with E-state index in [-0.39, 0.29) is 6.03 Å². The maximum absolute atomic E-state index is 11.8. The first-order valence-electron chi connectivity index (χ1n) is 8.08. The molecule has 1 aromatic rings. The van der Waals surface area contributed by atoms with E-state index in [0.717, 1.165) is 37.0 Å². The van der Waals surface area contributed by atoms with Gasteiger partial charge in [-0.15, -0.1) is 0 Å². The molecule has 0 unspecified atom stereocenters. The Morgan fingerprint density at radius 2 is 2.00 bits per heavy atom. The Morgan fingerprint density at radius 1 is 1.27 bits per heavy atom. The summed E-state index contributed by atoms with van der Waals surface area (Å²) in [5.41, 5.74) is 0.373. The fourth-order valence-electron chi connectivity index (χ4n) is 2.83. The van der Waals surface area contributed by atoms with Crippen LogP contribution in [0.15, 0.2) is 24.3 Å². The van der Waals surface area contributed by atoms with Gasteiger partial charge in [0.2, 0.25) is 0 Å². The number of nitrogens with one attached hydrogen (secondary N) is 2. The average molecular weight is 306 g/mol. The highest BCUT2D eigenvalue weighted by atomic mass is 16.5. The predicted molar refractivity (Wildman–Crippen MR) is 86.1 cm³/mol. The van der Waals surface area contributed by atoms with Crippen molar-refractivity contribution in [2.24, 2.45) is 0 Å². The van der Waals surface area contributed by atoms with E-state index >= 15 is 0 Å². The molecular weight excluding hydrogens is 280 g/mol. The highest BCUT2D eigenvalue weighted by Crippen LogP contribution is 2.28. The van der Waals surface area contributed by atoms with Crippen LogP contribution in [0.4, 0.5) is 4.79 Å². The van der Waals surface area contributed by atoms with Crippen LogP contribution < -0.4 is 15.4 Å². The third kappa shape index (κ3) is 4.91. The molecule has 0 spiro atoms. The molecule has 0 radical (unpaired) electrons. The van der Waals surface area contributed by atoms with Crippen molar-refractivity contribution in [3.05, 3.63) is 29.8 Å². The number of amides is 2. The number of ether oxygens (including phenoxy) is 1. The Morgan fingerprint density at radius 3 is 2.73 bits per heavy atom. The van der Waals surface area contributed by atoms with Gasteiger partial charge in [-0.1, -0.05) is 31.0 Å². The largest absolute Gasteiger partial charge is 0.494 e. The van der Waals surface area contributed by atoms with Crippen molar-refractivity contribution in [2.75, 3.05) is 19.7 Å². The van der Waals surface area contributed by atoms with E-state index in [4.69, 9.17) is 4.74 Å². The molecule has 2 rings (SSSR count). The van der Waals surface area contributed by atoms with Crippen LogP contribution in [-0.4, -0.2) is 36.4 Å². The van der Waals surface area contributed by atoms with Crippen LogP contribution in [0.5, 0.6) is 5.75 Å². The molecule has 1 aliphatic carbocycles. The van der Waals surface area contributed by atoms with Crippen molar-refractivity contribution in [3.8, 4) is 5.75 Å². The maximum Gasteiger partial charge on any atom is 0.314 e. The molecular formula is C17H26N2O3. The monoisotopic (exact) mass is 306 g/mol. The van der Waals surface area contributed by atoms with Crippen molar-refractivity contribution in [3.63, 3.8) is 0 Å². The first kappa shape index (κ1) is 16.6. The fraction of sp³-hybridized carbons (Fsp3) is 0.588. The van der Waals surface area contributed by atoms with E-state index in [1.807, 2.05) is 31.2 Å². The Balaban J connectivity index is 1.70. The van der Waals surface area contributed by atoms with E-state index in [9.17, 15) is 9.90 Å². The van der Waals surface area contributed by atoms with Crippen LogP contribution >= 0.6 is 0 Å². The standard InChI is InChI=1S/C17H26N2O3/c1-2-22-15-8-4-3-7-14(15)9-12-18-16(20)19-13-17(21)10-5-6-11-17/h3-4,7-8,21H,2,5-6,9-13H2,1H3,(H2,18,19,20). The molecule has 122 valence electrons. The summed E-state index contributed by atoms with van der Waals surface area (Å²) < 4.78 is 5.56. The van der Waals surface area contributed by atoms with Crippen LogP contribution in [0.25, 0.3) is 0 Å². The van der Waals surface area contributed by atoms with Crippen molar-refractivity contribution >= 4 is 6.03 Å². The zero-order valence-corrected chi connectivity index (χ0v) is 13.2. The third-order valence-electron chi connectivity index (χ3n) is 4.06. The highest BCUT2D eigenvalue weighted by molar-refractivity contribution is 5.73. The number of hydrogen-bond acceptors (Lipinski definition) is 3. The van der Waals surface area contributed by atoms with Gasteiger partial charge < -0.3 is 20.5 Å². The van der Waals surface area contributed by atoms with Crippen molar-refractivity contribution in [2.45, 2.75) is 44.6 Å². The van der Waals surface area contributed by atoms with Gasteiger partial charge >= 0.3 is 6.03 Å². The lowest BCUT2D eigenvalue weighted by Crippen LogP contribution is -2.45. The smallest absolute Gasteiger partial charge is 0.314 e. The van der Waals surface area contributed by atoms with Gasteiger partial charge in [-0.2, -0.15) is 0 Å². The number of para-hydroxylation sites is 1. The summed E-state index contributed by atoms with van der Waals surface area (Å²) >= 11 is 0. The van der Waals surface area contributed by atoms with Crippen molar-refractivity contribution in [1.29, 1.82) is 0 Å². The Kier molecular flexibility index (Phi) is 6.07. The summed E-state index contributed by atoms with van der Waals surface area (Å²) in [4.78, 5) is 11.8. The first-order chi connectivity index (χ1) is 10.6. The Hall–Kier alpha value is -1.75. The summed E-state index contributed by atoms with van der Waals surface area (Å²) in [7, 11) is 0. The minimum absolute atomic E-state index is 0.228. The normalized spacial score (nSPS) is 16.3. The average Bonchev–Trinajstić information content (AvgIpc) is 2.95. The first-order valence-corrected chi connectivity index (χ1v) is 8.08. The van der Waals surface area contributed by atoms with Gasteiger partial charge in [-0.3, -0.25) is 0 Å². The number of benzene rings is 1. The van der Waals surface area contributed by atoms with Crippen LogP contribution in [-0.2, 0) is 6.42 Å². The molecule has 0 bridgehead atoms. The molecule has 0 saturated heterocycles. The van der Waals surface area contributed by atoms with Gasteiger partial charge in [-0.05, 0) is 37.8 Å². The topological polar surface area (TPSA) is 70.6 Å². The maximum atomic E-state index is 11.8. The SMILES string of the molecule is CCOc1ccccc1CCNC(=O)NCC1(O)CCCC1. The lowest BCUT2D eigenvalue weighted by atomic mass is 10.0. The second-order valence-corrected chi connectivity index (χ2v) is 5.83. The van der Waals surface area contributed by atoms with Gasteiger partial charge in [0.15, 0.2) is 0 Å². The number of hydrogen-bond donors (Lipinski definition) is 3. The third-order valence-corrected chi connectivity index (χ3v) is 4.06. The molecule has 5 heteroatoms. The summed E-state index contributed by atoms with van der Waals surface area (Å²) in [6, 6.07) is 7.62. The molecule has 1 saturated carbocycles. The summed E-state index contributed by atoms with van der Waals surface area (Å²) in [6.07, 6.45) is 4.33. The van der Waals surface area contributed by atoms with Crippen molar-refractivity contribution < 1.29 is 14.6 Å².